The average Bonchev–Trinajstić information content (AvgIpc) is 2.91. The summed E-state index contributed by atoms with van der Waals surface area (Å²) >= 11 is 0. The van der Waals surface area contributed by atoms with Crippen molar-refractivity contribution in [1.29, 1.82) is 0 Å². The lowest BCUT2D eigenvalue weighted by Gasteiger charge is -2.14. The van der Waals surface area contributed by atoms with E-state index in [9.17, 15) is 31.0 Å². The fourth-order valence-corrected chi connectivity index (χ4v) is 5.89. The van der Waals surface area contributed by atoms with E-state index in [0.29, 0.717) is 16.6 Å². The highest BCUT2D eigenvalue weighted by Crippen LogP contribution is 2.47. The van der Waals surface area contributed by atoms with Crippen LogP contribution in [0.4, 0.5) is 28.4 Å². The zero-order valence-corrected chi connectivity index (χ0v) is 22.8. The van der Waals surface area contributed by atoms with E-state index in [4.69, 9.17) is 5.73 Å². The molecule has 0 unspecified atom stereocenters. The molecule has 12 nitrogen and oxygen atoms in total. The molecule has 0 bridgehead atoms. The van der Waals surface area contributed by atoms with Crippen LogP contribution in [0.2, 0.25) is 0 Å². The molecule has 0 saturated carbocycles. The van der Waals surface area contributed by atoms with E-state index < -0.39 is 41.5 Å². The molecule has 0 heterocycles. The molecule has 14 heteroatoms. The second-order valence-corrected chi connectivity index (χ2v) is 11.7. The Bertz CT molecular complexity index is 2130. The molecule has 0 saturated heterocycles. The highest BCUT2D eigenvalue weighted by molar-refractivity contribution is 7.86. The van der Waals surface area contributed by atoms with Gasteiger partial charge in [-0.1, -0.05) is 48.5 Å². The van der Waals surface area contributed by atoms with E-state index in [1.165, 1.54) is 18.2 Å². The third kappa shape index (κ3) is 5.36. The first-order chi connectivity index (χ1) is 19.4. The van der Waals surface area contributed by atoms with Crippen molar-refractivity contribution < 1.29 is 31.0 Å². The van der Waals surface area contributed by atoms with Crippen LogP contribution in [0.5, 0.6) is 5.75 Å². The lowest BCUT2D eigenvalue weighted by atomic mass is 10.0. The van der Waals surface area contributed by atoms with E-state index in [2.05, 4.69) is 20.5 Å². The lowest BCUT2D eigenvalue weighted by molar-refractivity contribution is 0.480. The fourth-order valence-electron chi connectivity index (χ4n) is 4.39. The number of phenols is 1. The maximum atomic E-state index is 12.2. The van der Waals surface area contributed by atoms with Gasteiger partial charge < -0.3 is 10.8 Å². The van der Waals surface area contributed by atoms with Gasteiger partial charge in [0.15, 0.2) is 5.75 Å². The van der Waals surface area contributed by atoms with Gasteiger partial charge in [-0.3, -0.25) is 9.11 Å². The smallest absolute Gasteiger partial charge is 0.297 e. The summed E-state index contributed by atoms with van der Waals surface area (Å²) in [6.45, 7) is 1.55. The first kappa shape index (κ1) is 27.8. The Morgan fingerprint density at radius 3 is 2.05 bits per heavy atom. The summed E-state index contributed by atoms with van der Waals surface area (Å²) in [5, 5.41) is 28.1. The quantitative estimate of drug-likeness (QED) is 0.0924. The molecule has 41 heavy (non-hydrogen) atoms. The zero-order chi connectivity index (χ0) is 29.5. The predicted molar refractivity (Wildman–Crippen MR) is 153 cm³/mol. The van der Waals surface area contributed by atoms with Crippen molar-refractivity contribution in [3.8, 4) is 5.75 Å². The molecule has 5 aromatic carbocycles. The van der Waals surface area contributed by atoms with Crippen LogP contribution in [0.3, 0.4) is 0 Å². The SMILES string of the molecule is Cc1cc2cc(S(=O)(=O)O)c(N=Nc3ccccc3)c(N)c2c(O)c1N=Nc1ccc2ccccc2c1S(=O)(=O)O. The molecule has 0 spiro atoms. The van der Waals surface area contributed by atoms with E-state index in [1.54, 1.807) is 61.5 Å². The van der Waals surface area contributed by atoms with Gasteiger partial charge in [0.05, 0.1) is 16.8 Å². The molecule has 0 aliphatic heterocycles. The monoisotopic (exact) mass is 591 g/mol. The van der Waals surface area contributed by atoms with Crippen LogP contribution in [0.15, 0.2) is 109 Å². The molecule has 5 N–H and O–H groups in total. The van der Waals surface area contributed by atoms with Crippen molar-refractivity contribution in [2.75, 3.05) is 5.73 Å². The third-order valence-corrected chi connectivity index (χ3v) is 8.03. The maximum Gasteiger partial charge on any atom is 0.297 e. The van der Waals surface area contributed by atoms with Crippen LogP contribution in [-0.2, 0) is 20.2 Å². The van der Waals surface area contributed by atoms with Crippen molar-refractivity contribution >= 4 is 70.2 Å². The Labute approximate surface area is 234 Å². The van der Waals surface area contributed by atoms with Gasteiger partial charge in [-0.25, -0.2) is 0 Å². The fraction of sp³-hybridized carbons (Fsp3) is 0.0370. The minimum absolute atomic E-state index is 0.0486. The van der Waals surface area contributed by atoms with E-state index >= 15 is 0 Å². The summed E-state index contributed by atoms with van der Waals surface area (Å²) in [6, 6.07) is 20.4. The maximum absolute atomic E-state index is 12.2. The van der Waals surface area contributed by atoms with Gasteiger partial charge in [0.1, 0.15) is 26.9 Å². The van der Waals surface area contributed by atoms with E-state index in [0.717, 1.165) is 6.07 Å². The van der Waals surface area contributed by atoms with Crippen molar-refractivity contribution in [3.05, 3.63) is 84.4 Å². The van der Waals surface area contributed by atoms with Gasteiger partial charge in [0, 0.05) is 5.39 Å². The van der Waals surface area contributed by atoms with Crippen LogP contribution in [0, 0.1) is 6.92 Å². The molecule has 0 aromatic heterocycles. The predicted octanol–water partition coefficient (Wildman–Crippen LogP) is 6.91. The van der Waals surface area contributed by atoms with Crippen LogP contribution < -0.4 is 5.73 Å². The van der Waals surface area contributed by atoms with Gasteiger partial charge >= 0.3 is 0 Å². The van der Waals surface area contributed by atoms with Gasteiger partial charge in [0.25, 0.3) is 20.2 Å². The van der Waals surface area contributed by atoms with Crippen LogP contribution in [0.25, 0.3) is 21.5 Å². The molecule has 0 fully saturated rings. The molecule has 5 aromatic rings. The number of rotatable bonds is 6. The number of hydrogen-bond donors (Lipinski definition) is 4. The summed E-state index contributed by atoms with van der Waals surface area (Å²) in [5.41, 5.74) is 5.95. The number of anilines is 1. The van der Waals surface area contributed by atoms with Crippen LogP contribution >= 0.6 is 0 Å². The Hall–Kier alpha value is -4.76. The van der Waals surface area contributed by atoms with Gasteiger partial charge in [-0.15, -0.1) is 15.3 Å². The number of benzene rings is 5. The van der Waals surface area contributed by atoms with Crippen molar-refractivity contribution in [3.63, 3.8) is 0 Å². The Balaban J connectivity index is 1.72. The highest BCUT2D eigenvalue weighted by atomic mass is 32.2. The third-order valence-electron chi connectivity index (χ3n) is 6.21. The summed E-state index contributed by atoms with van der Waals surface area (Å²) in [5.74, 6) is -0.506. The number of nitrogens with zero attached hydrogens (tertiary/aromatic N) is 4. The van der Waals surface area contributed by atoms with Gasteiger partial charge in [-0.05, 0) is 53.6 Å². The first-order valence-electron chi connectivity index (χ1n) is 11.8. The molecule has 0 radical (unpaired) electrons. The second kappa shape index (κ2) is 10.3. The topological polar surface area (TPSA) is 204 Å². The van der Waals surface area contributed by atoms with Gasteiger partial charge in [0.2, 0.25) is 0 Å². The molecule has 5 rings (SSSR count). The standard InChI is InChI=1S/C27H21N5O7S2/c1-15-13-17-14-21(40(34,35)36)25(32-29-18-8-3-2-4-9-18)23(28)22(17)26(33)24(15)31-30-20-12-11-16-7-5-6-10-19(16)27(20)41(37,38)39/h2-14,33H,28H2,1H3,(H,34,35,36)(H,37,38,39). The molecular weight excluding hydrogens is 570 g/mol. The summed E-state index contributed by atoms with van der Waals surface area (Å²) in [4.78, 5) is -1.08. The van der Waals surface area contributed by atoms with E-state index in [1.807, 2.05) is 0 Å². The summed E-state index contributed by atoms with van der Waals surface area (Å²) < 4.78 is 68.7. The number of aromatic hydroxyl groups is 1. The number of azo groups is 2. The minimum atomic E-state index is -4.81. The van der Waals surface area contributed by atoms with Crippen LogP contribution in [0.1, 0.15) is 5.56 Å². The second-order valence-electron chi connectivity index (χ2n) is 8.95. The Kier molecular flexibility index (Phi) is 7.00. The van der Waals surface area contributed by atoms with Crippen molar-refractivity contribution in [1.82, 2.24) is 0 Å². The number of hydrogen-bond acceptors (Lipinski definition) is 10. The molecule has 0 aliphatic rings. The zero-order valence-electron chi connectivity index (χ0n) is 21.2. The molecule has 0 aliphatic carbocycles. The normalized spacial score (nSPS) is 12.7. The Morgan fingerprint density at radius 2 is 1.37 bits per heavy atom. The highest BCUT2D eigenvalue weighted by Gasteiger charge is 2.25. The summed E-state index contributed by atoms with van der Waals surface area (Å²) in [6.07, 6.45) is 0. The van der Waals surface area contributed by atoms with Gasteiger partial charge in [-0.2, -0.15) is 21.9 Å². The number of phenolic OH excluding ortho intramolecular Hbond substituents is 1. The Morgan fingerprint density at radius 1 is 0.707 bits per heavy atom. The molecule has 0 amide bonds. The number of aryl methyl sites for hydroxylation is 1. The van der Waals surface area contributed by atoms with Crippen LogP contribution in [-0.4, -0.2) is 31.0 Å². The minimum Gasteiger partial charge on any atom is -0.505 e. The molecular formula is C27H21N5O7S2. The van der Waals surface area contributed by atoms with Crippen molar-refractivity contribution in [2.24, 2.45) is 20.5 Å². The molecule has 208 valence electrons. The summed E-state index contributed by atoms with van der Waals surface area (Å²) in [7, 11) is -9.53. The van der Waals surface area contributed by atoms with E-state index in [-0.39, 0.29) is 33.2 Å². The number of fused-ring (bicyclic) bond motifs is 2. The largest absolute Gasteiger partial charge is 0.505 e. The van der Waals surface area contributed by atoms with Crippen molar-refractivity contribution in [2.45, 2.75) is 16.7 Å². The lowest BCUT2D eigenvalue weighted by Crippen LogP contribution is -2.02. The number of nitrogen functional groups attached to an aromatic ring is 1. The average molecular weight is 592 g/mol. The number of nitrogens with two attached hydrogens (primary N) is 1. The molecule has 0 atom stereocenters. The first-order valence-corrected chi connectivity index (χ1v) is 14.7.